The predicted octanol–water partition coefficient (Wildman–Crippen LogP) is 2.83. The van der Waals surface area contributed by atoms with Gasteiger partial charge in [-0.1, -0.05) is 19.3 Å². The molecule has 1 aromatic rings. The van der Waals surface area contributed by atoms with Gasteiger partial charge < -0.3 is 10.5 Å². The highest BCUT2D eigenvalue weighted by Crippen LogP contribution is 2.28. The first-order valence-electron chi connectivity index (χ1n) is 8.16. The molecule has 2 fully saturated rings. The lowest BCUT2D eigenvalue weighted by molar-refractivity contribution is 0.139. The van der Waals surface area contributed by atoms with E-state index in [0.717, 1.165) is 44.6 Å². The van der Waals surface area contributed by atoms with E-state index >= 15 is 0 Å². The molecule has 1 aromatic heterocycles. The molecule has 0 radical (unpaired) electrons. The molecule has 0 bridgehead atoms. The quantitative estimate of drug-likeness (QED) is 0.924. The SMILES string of the molecule is NC1(Cc2ccn(C3CCCCC3)n2)CCCOCC1. The molecule has 1 unspecified atom stereocenters. The molecule has 112 valence electrons. The first kappa shape index (κ1) is 14.1. The molecule has 1 saturated heterocycles. The monoisotopic (exact) mass is 277 g/mol. The van der Waals surface area contributed by atoms with Crippen molar-refractivity contribution in [3.05, 3.63) is 18.0 Å². The molecule has 2 N–H and O–H groups in total. The molecule has 0 spiro atoms. The van der Waals surface area contributed by atoms with Crippen LogP contribution in [0.1, 0.15) is 63.1 Å². The number of hydrogen-bond donors (Lipinski definition) is 1. The van der Waals surface area contributed by atoms with Gasteiger partial charge >= 0.3 is 0 Å². The van der Waals surface area contributed by atoms with E-state index < -0.39 is 0 Å². The summed E-state index contributed by atoms with van der Waals surface area (Å²) in [5.41, 5.74) is 7.58. The Labute approximate surface area is 121 Å². The molecule has 1 aliphatic heterocycles. The minimum Gasteiger partial charge on any atom is -0.381 e. The third-order valence-corrected chi connectivity index (χ3v) is 4.85. The van der Waals surface area contributed by atoms with Gasteiger partial charge in [0.05, 0.1) is 11.7 Å². The second-order valence-electron chi connectivity index (χ2n) is 6.58. The maximum atomic E-state index is 6.55. The summed E-state index contributed by atoms with van der Waals surface area (Å²) in [5, 5.41) is 4.80. The molecule has 4 nitrogen and oxygen atoms in total. The van der Waals surface area contributed by atoms with E-state index in [9.17, 15) is 0 Å². The van der Waals surface area contributed by atoms with Crippen LogP contribution in [0.5, 0.6) is 0 Å². The lowest BCUT2D eigenvalue weighted by atomic mass is 9.87. The third kappa shape index (κ3) is 3.41. The fraction of sp³-hybridized carbons (Fsp3) is 0.812. The van der Waals surface area contributed by atoms with Crippen molar-refractivity contribution >= 4 is 0 Å². The van der Waals surface area contributed by atoms with Crippen molar-refractivity contribution in [2.24, 2.45) is 5.73 Å². The normalized spacial score (nSPS) is 29.2. The predicted molar refractivity (Wildman–Crippen MR) is 79.6 cm³/mol. The molecule has 3 rings (SSSR count). The molecule has 20 heavy (non-hydrogen) atoms. The van der Waals surface area contributed by atoms with Crippen LogP contribution in [-0.2, 0) is 11.2 Å². The zero-order valence-electron chi connectivity index (χ0n) is 12.4. The molecule has 4 heteroatoms. The van der Waals surface area contributed by atoms with Crippen molar-refractivity contribution in [2.45, 2.75) is 69.4 Å². The summed E-state index contributed by atoms with van der Waals surface area (Å²) in [4.78, 5) is 0. The van der Waals surface area contributed by atoms with E-state index in [1.54, 1.807) is 0 Å². The van der Waals surface area contributed by atoms with E-state index in [4.69, 9.17) is 15.6 Å². The molecule has 0 amide bonds. The van der Waals surface area contributed by atoms with Crippen molar-refractivity contribution in [3.63, 3.8) is 0 Å². The number of hydrogen-bond acceptors (Lipinski definition) is 3. The summed E-state index contributed by atoms with van der Waals surface area (Å²) in [6.45, 7) is 1.65. The van der Waals surface area contributed by atoms with Crippen LogP contribution in [0, 0.1) is 0 Å². The lowest BCUT2D eigenvalue weighted by Gasteiger charge is -2.26. The fourth-order valence-electron chi connectivity index (χ4n) is 3.59. The Balaban J connectivity index is 1.63. The van der Waals surface area contributed by atoms with Gasteiger partial charge in [-0.15, -0.1) is 0 Å². The molecule has 2 aliphatic rings. The van der Waals surface area contributed by atoms with Gasteiger partial charge in [-0.2, -0.15) is 5.10 Å². The fourth-order valence-corrected chi connectivity index (χ4v) is 3.59. The van der Waals surface area contributed by atoms with E-state index in [1.807, 2.05) is 0 Å². The van der Waals surface area contributed by atoms with E-state index in [0.29, 0.717) is 6.04 Å². The van der Waals surface area contributed by atoms with Gasteiger partial charge in [0.25, 0.3) is 0 Å². The minimum atomic E-state index is -0.123. The second kappa shape index (κ2) is 6.27. The number of rotatable bonds is 3. The zero-order chi connectivity index (χ0) is 13.8. The Morgan fingerprint density at radius 3 is 2.90 bits per heavy atom. The van der Waals surface area contributed by atoms with Crippen LogP contribution >= 0.6 is 0 Å². The number of ether oxygens (including phenoxy) is 1. The molecular formula is C16H27N3O. The van der Waals surface area contributed by atoms with Gasteiger partial charge in [0.2, 0.25) is 0 Å². The summed E-state index contributed by atoms with van der Waals surface area (Å²) in [6.07, 6.45) is 12.7. The van der Waals surface area contributed by atoms with Crippen LogP contribution in [0.4, 0.5) is 0 Å². The zero-order valence-corrected chi connectivity index (χ0v) is 12.4. The Hall–Kier alpha value is -0.870. The van der Waals surface area contributed by atoms with Crippen LogP contribution in [-0.4, -0.2) is 28.5 Å². The van der Waals surface area contributed by atoms with Crippen LogP contribution in [0.25, 0.3) is 0 Å². The molecular weight excluding hydrogens is 250 g/mol. The standard InChI is InChI=1S/C16H27N3O/c17-16(8-4-11-20-12-9-16)13-14-7-10-19(18-14)15-5-2-1-3-6-15/h7,10,15H,1-6,8-9,11-13,17H2. The molecule has 1 aliphatic carbocycles. The van der Waals surface area contributed by atoms with E-state index in [2.05, 4.69) is 16.9 Å². The molecule has 1 atom stereocenters. The summed E-state index contributed by atoms with van der Waals surface area (Å²) < 4.78 is 7.71. The maximum Gasteiger partial charge on any atom is 0.0643 e. The highest BCUT2D eigenvalue weighted by atomic mass is 16.5. The third-order valence-electron chi connectivity index (χ3n) is 4.85. The van der Waals surface area contributed by atoms with Gasteiger partial charge in [-0.05, 0) is 38.2 Å². The van der Waals surface area contributed by atoms with E-state index in [1.165, 1.54) is 32.1 Å². The van der Waals surface area contributed by atoms with Gasteiger partial charge in [-0.25, -0.2) is 0 Å². The Kier molecular flexibility index (Phi) is 4.41. The van der Waals surface area contributed by atoms with Gasteiger partial charge in [0.1, 0.15) is 0 Å². The molecule has 0 aromatic carbocycles. The average Bonchev–Trinajstić information content (AvgIpc) is 2.81. The highest BCUT2D eigenvalue weighted by Gasteiger charge is 2.28. The van der Waals surface area contributed by atoms with Crippen molar-refractivity contribution in [3.8, 4) is 0 Å². The summed E-state index contributed by atoms with van der Waals surface area (Å²) >= 11 is 0. The van der Waals surface area contributed by atoms with Gasteiger partial charge in [0, 0.05) is 31.4 Å². The van der Waals surface area contributed by atoms with Crippen molar-refractivity contribution in [2.75, 3.05) is 13.2 Å². The largest absolute Gasteiger partial charge is 0.381 e. The maximum absolute atomic E-state index is 6.55. The first-order chi connectivity index (χ1) is 9.75. The Morgan fingerprint density at radius 1 is 1.20 bits per heavy atom. The van der Waals surface area contributed by atoms with Gasteiger partial charge in [-0.3, -0.25) is 4.68 Å². The Morgan fingerprint density at radius 2 is 2.05 bits per heavy atom. The molecule has 1 saturated carbocycles. The van der Waals surface area contributed by atoms with Crippen LogP contribution < -0.4 is 5.73 Å². The van der Waals surface area contributed by atoms with Crippen LogP contribution in [0.3, 0.4) is 0 Å². The molecule has 2 heterocycles. The second-order valence-corrected chi connectivity index (χ2v) is 6.58. The number of nitrogens with zero attached hydrogens (tertiary/aromatic N) is 2. The summed E-state index contributed by atoms with van der Waals surface area (Å²) in [7, 11) is 0. The van der Waals surface area contributed by atoms with Crippen molar-refractivity contribution in [1.82, 2.24) is 9.78 Å². The van der Waals surface area contributed by atoms with Crippen molar-refractivity contribution < 1.29 is 4.74 Å². The lowest BCUT2D eigenvalue weighted by Crippen LogP contribution is -2.42. The number of nitrogens with two attached hydrogens (primary N) is 1. The van der Waals surface area contributed by atoms with E-state index in [-0.39, 0.29) is 5.54 Å². The smallest absolute Gasteiger partial charge is 0.0643 e. The number of aromatic nitrogens is 2. The highest BCUT2D eigenvalue weighted by molar-refractivity contribution is 5.06. The minimum absolute atomic E-state index is 0.123. The van der Waals surface area contributed by atoms with Crippen LogP contribution in [0.2, 0.25) is 0 Å². The Bertz CT molecular complexity index is 415. The van der Waals surface area contributed by atoms with Crippen LogP contribution in [0.15, 0.2) is 12.3 Å². The average molecular weight is 277 g/mol. The van der Waals surface area contributed by atoms with Crippen molar-refractivity contribution in [1.29, 1.82) is 0 Å². The summed E-state index contributed by atoms with van der Waals surface area (Å²) in [6, 6.07) is 2.78. The summed E-state index contributed by atoms with van der Waals surface area (Å²) in [5.74, 6) is 0. The first-order valence-corrected chi connectivity index (χ1v) is 8.16. The van der Waals surface area contributed by atoms with Gasteiger partial charge in [0.15, 0.2) is 0 Å². The topological polar surface area (TPSA) is 53.1 Å².